The van der Waals surface area contributed by atoms with Crippen LogP contribution in [0, 0.1) is 5.92 Å². The third-order valence-corrected chi connectivity index (χ3v) is 3.22. The molecule has 0 unspecified atom stereocenters. The molecule has 0 saturated heterocycles. The van der Waals surface area contributed by atoms with Gasteiger partial charge in [0.2, 0.25) is 18.6 Å². The van der Waals surface area contributed by atoms with E-state index in [2.05, 4.69) is 5.32 Å². The van der Waals surface area contributed by atoms with Crippen molar-refractivity contribution < 1.29 is 19.1 Å². The van der Waals surface area contributed by atoms with Crippen LogP contribution in [-0.4, -0.2) is 18.6 Å². The lowest BCUT2D eigenvalue weighted by Crippen LogP contribution is -2.26. The predicted molar refractivity (Wildman–Crippen MR) is 72.0 cm³/mol. The summed E-state index contributed by atoms with van der Waals surface area (Å²) in [5.41, 5.74) is 6.08. The molecule has 6 nitrogen and oxygen atoms in total. The van der Waals surface area contributed by atoms with Gasteiger partial charge in [0.05, 0.1) is 0 Å². The summed E-state index contributed by atoms with van der Waals surface area (Å²) < 4.78 is 10.5. The molecule has 0 aromatic heterocycles. The third kappa shape index (κ3) is 3.63. The number of benzene rings is 1. The van der Waals surface area contributed by atoms with E-state index in [1.165, 1.54) is 0 Å². The molecule has 1 atom stereocenters. The van der Waals surface area contributed by atoms with Gasteiger partial charge in [-0.2, -0.15) is 0 Å². The summed E-state index contributed by atoms with van der Waals surface area (Å²) >= 11 is 0. The van der Waals surface area contributed by atoms with Crippen molar-refractivity contribution in [3.63, 3.8) is 0 Å². The third-order valence-electron chi connectivity index (χ3n) is 3.22. The first-order valence-electron chi connectivity index (χ1n) is 6.51. The molecule has 1 heterocycles. The second kappa shape index (κ2) is 6.27. The Labute approximate surface area is 117 Å². The standard InChI is InChI=1S/C14H18N2O4/c1-9(14(15)18)2-5-13(17)16-7-10-3-4-11-12(6-10)20-8-19-11/h3-4,6,9H,2,5,7-8H2,1H3,(H2,15,18)(H,16,17)/t9-/m0/s1. The van der Waals surface area contributed by atoms with Crippen LogP contribution in [0.5, 0.6) is 11.5 Å². The fourth-order valence-electron chi connectivity index (χ4n) is 1.83. The van der Waals surface area contributed by atoms with E-state index in [0.29, 0.717) is 18.7 Å². The number of amides is 2. The van der Waals surface area contributed by atoms with Gasteiger partial charge in [0, 0.05) is 18.9 Å². The minimum atomic E-state index is -0.381. The van der Waals surface area contributed by atoms with Crippen molar-refractivity contribution in [3.8, 4) is 11.5 Å². The molecule has 20 heavy (non-hydrogen) atoms. The summed E-state index contributed by atoms with van der Waals surface area (Å²) in [6, 6.07) is 5.54. The van der Waals surface area contributed by atoms with E-state index in [0.717, 1.165) is 11.3 Å². The molecule has 0 aliphatic carbocycles. The summed E-state index contributed by atoms with van der Waals surface area (Å²) in [6.45, 7) is 2.37. The number of rotatable bonds is 6. The Morgan fingerprint density at radius 1 is 1.35 bits per heavy atom. The highest BCUT2D eigenvalue weighted by molar-refractivity contribution is 5.79. The monoisotopic (exact) mass is 278 g/mol. The van der Waals surface area contributed by atoms with Gasteiger partial charge in [-0.25, -0.2) is 0 Å². The predicted octanol–water partition coefficient (Wildman–Crippen LogP) is 0.933. The largest absolute Gasteiger partial charge is 0.454 e. The van der Waals surface area contributed by atoms with Crippen LogP contribution < -0.4 is 20.5 Å². The van der Waals surface area contributed by atoms with Crippen LogP contribution in [0.25, 0.3) is 0 Å². The van der Waals surface area contributed by atoms with Crippen molar-refractivity contribution in [2.24, 2.45) is 11.7 Å². The van der Waals surface area contributed by atoms with Crippen LogP contribution in [0.3, 0.4) is 0 Å². The second-order valence-electron chi connectivity index (χ2n) is 4.81. The highest BCUT2D eigenvalue weighted by atomic mass is 16.7. The summed E-state index contributed by atoms with van der Waals surface area (Å²) in [5, 5.41) is 2.80. The molecule has 1 aromatic carbocycles. The highest BCUT2D eigenvalue weighted by Crippen LogP contribution is 2.32. The van der Waals surface area contributed by atoms with E-state index >= 15 is 0 Å². The van der Waals surface area contributed by atoms with Crippen molar-refractivity contribution in [2.45, 2.75) is 26.3 Å². The number of primary amides is 1. The molecule has 0 spiro atoms. The Morgan fingerprint density at radius 2 is 2.10 bits per heavy atom. The van der Waals surface area contributed by atoms with Crippen LogP contribution in [0.1, 0.15) is 25.3 Å². The Kier molecular flexibility index (Phi) is 4.45. The molecule has 1 aliphatic heterocycles. The minimum Gasteiger partial charge on any atom is -0.454 e. The maximum atomic E-state index is 11.7. The van der Waals surface area contributed by atoms with Crippen molar-refractivity contribution in [2.75, 3.05) is 6.79 Å². The van der Waals surface area contributed by atoms with E-state index in [1.54, 1.807) is 6.92 Å². The second-order valence-corrected chi connectivity index (χ2v) is 4.81. The van der Waals surface area contributed by atoms with Gasteiger partial charge in [0.25, 0.3) is 0 Å². The van der Waals surface area contributed by atoms with Gasteiger partial charge in [-0.05, 0) is 24.1 Å². The van der Waals surface area contributed by atoms with Crippen LogP contribution in [0.4, 0.5) is 0 Å². The van der Waals surface area contributed by atoms with Crippen LogP contribution >= 0.6 is 0 Å². The average molecular weight is 278 g/mol. The molecule has 6 heteroatoms. The first-order valence-corrected chi connectivity index (χ1v) is 6.51. The lowest BCUT2D eigenvalue weighted by atomic mass is 10.1. The molecule has 2 amide bonds. The zero-order valence-corrected chi connectivity index (χ0v) is 11.3. The Hall–Kier alpha value is -2.24. The molecule has 0 fully saturated rings. The molecule has 0 saturated carbocycles. The molecular weight excluding hydrogens is 260 g/mol. The normalized spacial score (nSPS) is 13.8. The lowest BCUT2D eigenvalue weighted by molar-refractivity contribution is -0.123. The lowest BCUT2D eigenvalue weighted by Gasteiger charge is -2.08. The van der Waals surface area contributed by atoms with Gasteiger partial charge < -0.3 is 20.5 Å². The van der Waals surface area contributed by atoms with E-state index in [9.17, 15) is 9.59 Å². The number of ether oxygens (including phenoxy) is 2. The fourth-order valence-corrected chi connectivity index (χ4v) is 1.83. The summed E-state index contributed by atoms with van der Waals surface area (Å²) in [5.74, 6) is 0.644. The van der Waals surface area contributed by atoms with E-state index in [1.807, 2.05) is 18.2 Å². The average Bonchev–Trinajstić information content (AvgIpc) is 2.89. The number of nitrogens with one attached hydrogen (secondary N) is 1. The van der Waals surface area contributed by atoms with Crippen molar-refractivity contribution in [1.82, 2.24) is 5.32 Å². The number of fused-ring (bicyclic) bond motifs is 1. The maximum absolute atomic E-state index is 11.7. The molecule has 2 rings (SSSR count). The quantitative estimate of drug-likeness (QED) is 0.810. The van der Waals surface area contributed by atoms with Gasteiger partial charge in [0.15, 0.2) is 11.5 Å². The van der Waals surface area contributed by atoms with E-state index in [4.69, 9.17) is 15.2 Å². The smallest absolute Gasteiger partial charge is 0.231 e. The Bertz CT molecular complexity index is 516. The zero-order chi connectivity index (χ0) is 14.5. The first kappa shape index (κ1) is 14.2. The zero-order valence-electron chi connectivity index (χ0n) is 11.3. The van der Waals surface area contributed by atoms with E-state index < -0.39 is 0 Å². The van der Waals surface area contributed by atoms with Crippen molar-refractivity contribution in [3.05, 3.63) is 23.8 Å². The van der Waals surface area contributed by atoms with Gasteiger partial charge in [0.1, 0.15) is 0 Å². The van der Waals surface area contributed by atoms with Crippen molar-refractivity contribution in [1.29, 1.82) is 0 Å². The maximum Gasteiger partial charge on any atom is 0.231 e. The SMILES string of the molecule is C[C@@H](CCC(=O)NCc1ccc2c(c1)OCO2)C(N)=O. The summed E-state index contributed by atoms with van der Waals surface area (Å²) in [6.07, 6.45) is 0.747. The summed E-state index contributed by atoms with van der Waals surface area (Å²) in [7, 11) is 0. The van der Waals surface area contributed by atoms with Crippen LogP contribution in [0.2, 0.25) is 0 Å². The molecule has 0 radical (unpaired) electrons. The van der Waals surface area contributed by atoms with Crippen LogP contribution in [-0.2, 0) is 16.1 Å². The van der Waals surface area contributed by atoms with Gasteiger partial charge in [-0.15, -0.1) is 0 Å². The first-order chi connectivity index (χ1) is 9.56. The number of hydrogen-bond donors (Lipinski definition) is 2. The van der Waals surface area contributed by atoms with Gasteiger partial charge >= 0.3 is 0 Å². The highest BCUT2D eigenvalue weighted by Gasteiger charge is 2.14. The van der Waals surface area contributed by atoms with E-state index in [-0.39, 0.29) is 30.9 Å². The van der Waals surface area contributed by atoms with Crippen LogP contribution in [0.15, 0.2) is 18.2 Å². The van der Waals surface area contributed by atoms with Gasteiger partial charge in [-0.3, -0.25) is 9.59 Å². The number of carbonyl (C=O) groups is 2. The molecule has 1 aromatic rings. The number of nitrogens with two attached hydrogens (primary N) is 1. The molecule has 1 aliphatic rings. The number of carbonyl (C=O) groups excluding carboxylic acids is 2. The molecule has 3 N–H and O–H groups in total. The fraction of sp³-hybridized carbons (Fsp3) is 0.429. The van der Waals surface area contributed by atoms with Crippen molar-refractivity contribution >= 4 is 11.8 Å². The van der Waals surface area contributed by atoms with Gasteiger partial charge in [-0.1, -0.05) is 13.0 Å². The topological polar surface area (TPSA) is 90.7 Å². The minimum absolute atomic E-state index is 0.101. The Balaban J connectivity index is 1.77. The summed E-state index contributed by atoms with van der Waals surface area (Å²) in [4.78, 5) is 22.5. The molecule has 108 valence electrons. The number of hydrogen-bond acceptors (Lipinski definition) is 4. The molecule has 0 bridgehead atoms. The molecular formula is C14H18N2O4. The Morgan fingerprint density at radius 3 is 2.85 bits per heavy atom.